The number of carbonyl (C=O) groups excluding carboxylic acids is 5. The van der Waals surface area contributed by atoms with E-state index in [1.54, 1.807) is 38.4 Å². The molecule has 6 atom stereocenters. The summed E-state index contributed by atoms with van der Waals surface area (Å²) in [7, 11) is 6.86. The number of rotatable bonds is 4. The Hall–Kier alpha value is -4.35. The van der Waals surface area contributed by atoms with E-state index in [4.69, 9.17) is 15.9 Å². The van der Waals surface area contributed by atoms with Crippen LogP contribution < -0.4 is 16.4 Å². The summed E-state index contributed by atoms with van der Waals surface area (Å²) in [6.45, 7) is 0. The van der Waals surface area contributed by atoms with Crippen molar-refractivity contribution in [1.29, 1.82) is 0 Å². The summed E-state index contributed by atoms with van der Waals surface area (Å²) in [5.41, 5.74) is 11.9. The van der Waals surface area contributed by atoms with E-state index in [1.807, 2.05) is 31.1 Å². The first kappa shape index (κ1) is 27.8. The van der Waals surface area contributed by atoms with Gasteiger partial charge in [0.1, 0.15) is 11.3 Å². The van der Waals surface area contributed by atoms with E-state index in [0.717, 1.165) is 11.3 Å². The number of nitrogen functional groups attached to an aromatic ring is 1. The van der Waals surface area contributed by atoms with Crippen LogP contribution in [-0.4, -0.2) is 78.9 Å². The molecule has 0 bridgehead atoms. The minimum atomic E-state index is -2.71. The number of likely N-dealkylation sites (N-methyl/N-ethyl adjacent to an activating group) is 1. The van der Waals surface area contributed by atoms with Gasteiger partial charge in [-0.25, -0.2) is 0 Å². The molecular formula is C31H32N4O7. The second kappa shape index (κ2) is 9.33. The molecule has 0 saturated heterocycles. The molecule has 3 aliphatic rings. The zero-order valence-electron chi connectivity index (χ0n) is 23.7. The molecule has 0 radical (unpaired) electrons. The summed E-state index contributed by atoms with van der Waals surface area (Å²) in [6.07, 6.45) is 0.330. The molecule has 0 aliphatic heterocycles. The van der Waals surface area contributed by atoms with E-state index in [9.17, 15) is 29.1 Å². The molecule has 1 heterocycles. The molecule has 5 N–H and O–H groups in total. The molecule has 2 saturated carbocycles. The average molecular weight is 573 g/mol. The predicted molar refractivity (Wildman–Crippen MR) is 154 cm³/mol. The molecule has 0 spiro atoms. The fraction of sp³-hybridized carbons (Fsp3) is 0.387. The molecule has 3 aromatic rings. The van der Waals surface area contributed by atoms with Gasteiger partial charge in [-0.2, -0.15) is 0 Å². The number of hydrogen-bond acceptors (Lipinski definition) is 10. The van der Waals surface area contributed by atoms with Crippen LogP contribution in [-0.2, 0) is 25.6 Å². The van der Waals surface area contributed by atoms with Gasteiger partial charge in [0.05, 0.1) is 17.5 Å². The number of primary amides is 1. The third kappa shape index (κ3) is 3.69. The van der Waals surface area contributed by atoms with E-state index in [-0.39, 0.29) is 18.4 Å². The maximum Gasteiger partial charge on any atom is 0.235 e. The van der Waals surface area contributed by atoms with Crippen LogP contribution in [0.2, 0.25) is 0 Å². The van der Waals surface area contributed by atoms with E-state index >= 15 is 0 Å². The van der Waals surface area contributed by atoms with Crippen molar-refractivity contribution < 1.29 is 33.5 Å². The van der Waals surface area contributed by atoms with Crippen LogP contribution in [0, 0.1) is 23.7 Å². The van der Waals surface area contributed by atoms with Gasteiger partial charge < -0.3 is 25.9 Å². The Labute approximate surface area is 241 Å². The molecule has 1 aromatic heterocycles. The van der Waals surface area contributed by atoms with Crippen molar-refractivity contribution in [2.45, 2.75) is 24.5 Å². The fourth-order valence-corrected chi connectivity index (χ4v) is 7.35. The number of fused-ring (bicyclic) bond motifs is 5. The minimum Gasteiger partial charge on any atom is -0.455 e. The first-order valence-electron chi connectivity index (χ1n) is 13.7. The summed E-state index contributed by atoms with van der Waals surface area (Å²) in [6, 6.07) is 9.71. The van der Waals surface area contributed by atoms with E-state index < -0.39 is 64.4 Å². The van der Waals surface area contributed by atoms with Crippen molar-refractivity contribution in [3.8, 4) is 11.3 Å². The highest BCUT2D eigenvalue weighted by Crippen LogP contribution is 2.52. The van der Waals surface area contributed by atoms with Crippen molar-refractivity contribution in [2.24, 2.45) is 29.4 Å². The summed E-state index contributed by atoms with van der Waals surface area (Å²) in [5.74, 6) is -9.36. The third-order valence-corrected chi connectivity index (χ3v) is 9.22. The first-order chi connectivity index (χ1) is 19.8. The molecule has 218 valence electrons. The quantitative estimate of drug-likeness (QED) is 0.304. The summed E-state index contributed by atoms with van der Waals surface area (Å²) in [5, 5.41) is 12.5. The number of nitrogens with two attached hydrogens (primary N) is 2. The van der Waals surface area contributed by atoms with Crippen LogP contribution in [0.15, 0.2) is 40.8 Å². The van der Waals surface area contributed by atoms with Gasteiger partial charge >= 0.3 is 0 Å². The lowest BCUT2D eigenvalue weighted by Crippen LogP contribution is -2.74. The molecule has 3 aliphatic carbocycles. The topological polar surface area (TPSA) is 177 Å². The fourth-order valence-electron chi connectivity index (χ4n) is 7.35. The number of nitrogens with zero attached hydrogens (tertiary/aromatic N) is 2. The molecule has 42 heavy (non-hydrogen) atoms. The summed E-state index contributed by atoms with van der Waals surface area (Å²) >= 11 is 0. The van der Waals surface area contributed by atoms with Crippen molar-refractivity contribution in [1.82, 2.24) is 4.90 Å². The van der Waals surface area contributed by atoms with Crippen LogP contribution in [0.4, 0.5) is 11.4 Å². The van der Waals surface area contributed by atoms with Crippen LogP contribution in [0.25, 0.3) is 22.3 Å². The SMILES string of the molecule is CN(C)c1cc2cc(-c3ccc(N)cc3)oc2c2c1C[C@H]1C[C@H]3[C@H](N(C)C)C(=O)C(C(N)=O)C(=O)[C@@]3(O)C(=O)C1C2=O. The second-order valence-electron chi connectivity index (χ2n) is 12.1. The average Bonchev–Trinajstić information content (AvgIpc) is 3.34. The lowest BCUT2D eigenvalue weighted by molar-refractivity contribution is -0.181. The molecule has 6 rings (SSSR count). The van der Waals surface area contributed by atoms with E-state index in [0.29, 0.717) is 28.0 Å². The zero-order chi connectivity index (χ0) is 30.4. The normalized spacial score (nSPS) is 29.0. The number of aliphatic hydroxyl groups is 1. The number of carbonyl (C=O) groups is 5. The largest absolute Gasteiger partial charge is 0.455 e. The molecular weight excluding hydrogens is 540 g/mol. The Bertz CT molecular complexity index is 1710. The number of ketones is 4. The Morgan fingerprint density at radius 1 is 1.02 bits per heavy atom. The van der Waals surface area contributed by atoms with Gasteiger partial charge in [-0.05, 0) is 74.8 Å². The van der Waals surface area contributed by atoms with Gasteiger partial charge in [0.15, 0.2) is 34.7 Å². The summed E-state index contributed by atoms with van der Waals surface area (Å²) in [4.78, 5) is 70.9. The summed E-state index contributed by atoms with van der Waals surface area (Å²) < 4.78 is 6.24. The standard InChI is InChI=1S/C31H32N4O7/c1-34(2)19-11-15-12-20(13-5-7-16(32)8-6-13)42-27(15)22-17(19)9-14-10-18-24(35(3)4)26(37)23(30(33)40)29(39)31(18,41)28(38)21(14)25(22)36/h5-8,11-12,14,18,21,23-24,41H,9-10,32H2,1-4H3,(H2,33,40)/t14-,18-,21?,23?,24-,31-/m0/s1. The molecule has 2 fully saturated rings. The van der Waals surface area contributed by atoms with Gasteiger partial charge in [0.2, 0.25) is 5.91 Å². The lowest BCUT2D eigenvalue weighted by atomic mass is 9.52. The van der Waals surface area contributed by atoms with Crippen LogP contribution in [0.1, 0.15) is 22.3 Å². The van der Waals surface area contributed by atoms with Crippen LogP contribution in [0.3, 0.4) is 0 Å². The molecule has 2 aromatic carbocycles. The Morgan fingerprint density at radius 3 is 2.29 bits per heavy atom. The van der Waals surface area contributed by atoms with E-state index in [2.05, 4.69) is 0 Å². The van der Waals surface area contributed by atoms with Crippen LogP contribution >= 0.6 is 0 Å². The number of benzene rings is 2. The number of Topliss-reactive ketones (excluding diaryl/α,β-unsaturated/α-hetero) is 4. The smallest absolute Gasteiger partial charge is 0.235 e. The van der Waals surface area contributed by atoms with Crippen molar-refractivity contribution in [3.05, 3.63) is 47.5 Å². The Morgan fingerprint density at radius 2 is 1.69 bits per heavy atom. The maximum atomic E-state index is 14.4. The maximum absolute atomic E-state index is 14.4. The predicted octanol–water partition coefficient (Wildman–Crippen LogP) is 1.22. The molecule has 1 amide bonds. The number of anilines is 2. The first-order valence-corrected chi connectivity index (χ1v) is 13.7. The van der Waals surface area contributed by atoms with Gasteiger partial charge in [0.25, 0.3) is 0 Å². The highest BCUT2D eigenvalue weighted by Gasteiger charge is 2.69. The number of amides is 1. The Balaban J connectivity index is 1.52. The highest BCUT2D eigenvalue weighted by atomic mass is 16.3. The van der Waals surface area contributed by atoms with Gasteiger partial charge in [0, 0.05) is 42.3 Å². The number of furan rings is 1. The van der Waals surface area contributed by atoms with Crippen LogP contribution in [0.5, 0.6) is 0 Å². The highest BCUT2D eigenvalue weighted by molar-refractivity contribution is 6.33. The zero-order valence-corrected chi connectivity index (χ0v) is 23.7. The van der Waals surface area contributed by atoms with Gasteiger partial charge in [-0.15, -0.1) is 0 Å². The third-order valence-electron chi connectivity index (χ3n) is 9.22. The van der Waals surface area contributed by atoms with Gasteiger partial charge in [-0.3, -0.25) is 28.9 Å². The molecule has 11 heteroatoms. The molecule has 2 unspecified atom stereocenters. The molecule has 11 nitrogen and oxygen atoms in total. The number of hydrogen-bond donors (Lipinski definition) is 3. The lowest BCUT2D eigenvalue weighted by Gasteiger charge is -2.52. The van der Waals surface area contributed by atoms with E-state index in [1.165, 1.54) is 4.90 Å². The monoisotopic (exact) mass is 572 g/mol. The van der Waals surface area contributed by atoms with Crippen molar-refractivity contribution in [3.63, 3.8) is 0 Å². The van der Waals surface area contributed by atoms with Crippen molar-refractivity contribution >= 4 is 51.4 Å². The Kier molecular flexibility index (Phi) is 6.18. The van der Waals surface area contributed by atoms with Crippen molar-refractivity contribution in [2.75, 3.05) is 38.8 Å². The minimum absolute atomic E-state index is 0.0453. The van der Waals surface area contributed by atoms with Gasteiger partial charge in [-0.1, -0.05) is 0 Å². The second-order valence-corrected chi connectivity index (χ2v) is 12.1.